The molecule has 3 aliphatic rings. The summed E-state index contributed by atoms with van der Waals surface area (Å²) in [6.07, 6.45) is 9.89. The number of hydrogen-bond acceptors (Lipinski definition) is 5. The number of nitrogens with one attached hydrogen (secondary N) is 1. The van der Waals surface area contributed by atoms with E-state index in [0.29, 0.717) is 36.1 Å². The second kappa shape index (κ2) is 11.2. The highest BCUT2D eigenvalue weighted by molar-refractivity contribution is 7.89. The molecule has 3 fully saturated rings. The molecular formula is C25H40N4O3S. The maximum Gasteiger partial charge on any atom is 0.251 e. The van der Waals surface area contributed by atoms with Crippen molar-refractivity contribution in [3.63, 3.8) is 0 Å². The van der Waals surface area contributed by atoms with Gasteiger partial charge in [0.25, 0.3) is 5.91 Å². The molecule has 3 heterocycles. The first kappa shape index (κ1) is 24.5. The van der Waals surface area contributed by atoms with Crippen LogP contribution in [-0.2, 0) is 10.0 Å². The summed E-state index contributed by atoms with van der Waals surface area (Å²) in [6.45, 7) is 7.59. The summed E-state index contributed by atoms with van der Waals surface area (Å²) in [6, 6.07) is 5.81. The minimum Gasteiger partial charge on any atom is -0.370 e. The summed E-state index contributed by atoms with van der Waals surface area (Å²) in [4.78, 5) is 17.9. The second-order valence-electron chi connectivity index (χ2n) is 9.83. The molecule has 0 spiro atoms. The van der Waals surface area contributed by atoms with Crippen LogP contribution in [0.5, 0.6) is 0 Å². The smallest absolute Gasteiger partial charge is 0.251 e. The molecule has 7 nitrogen and oxygen atoms in total. The van der Waals surface area contributed by atoms with E-state index < -0.39 is 10.0 Å². The van der Waals surface area contributed by atoms with Gasteiger partial charge in [-0.15, -0.1) is 0 Å². The number of benzene rings is 1. The van der Waals surface area contributed by atoms with Gasteiger partial charge in [-0.25, -0.2) is 8.42 Å². The van der Waals surface area contributed by atoms with E-state index in [4.69, 9.17) is 0 Å². The number of sulfonamides is 1. The molecule has 8 heteroatoms. The maximum atomic E-state index is 13.6. The Morgan fingerprint density at radius 1 is 0.939 bits per heavy atom. The number of piperidine rings is 3. The van der Waals surface area contributed by atoms with Gasteiger partial charge in [0.1, 0.15) is 4.90 Å². The highest BCUT2D eigenvalue weighted by Gasteiger charge is 2.31. The molecule has 3 aliphatic heterocycles. The maximum absolute atomic E-state index is 13.6. The van der Waals surface area contributed by atoms with Gasteiger partial charge in [-0.1, -0.05) is 12.8 Å². The summed E-state index contributed by atoms with van der Waals surface area (Å²) in [5, 5.41) is 3.02. The number of hydrogen-bond donors (Lipinski definition) is 1. The first-order chi connectivity index (χ1) is 16.0. The van der Waals surface area contributed by atoms with Gasteiger partial charge in [-0.3, -0.25) is 9.69 Å². The average molecular weight is 477 g/mol. The van der Waals surface area contributed by atoms with Crippen LogP contribution in [0.25, 0.3) is 0 Å². The third-order valence-corrected chi connectivity index (χ3v) is 9.40. The van der Waals surface area contributed by atoms with Gasteiger partial charge in [-0.2, -0.15) is 4.31 Å². The van der Waals surface area contributed by atoms with E-state index >= 15 is 0 Å². The number of anilines is 1. The predicted molar refractivity (Wildman–Crippen MR) is 132 cm³/mol. The van der Waals surface area contributed by atoms with Crippen LogP contribution in [0.3, 0.4) is 0 Å². The molecule has 0 radical (unpaired) electrons. The van der Waals surface area contributed by atoms with Gasteiger partial charge in [0.05, 0.1) is 5.69 Å². The lowest BCUT2D eigenvalue weighted by Crippen LogP contribution is -2.42. The summed E-state index contributed by atoms with van der Waals surface area (Å²) < 4.78 is 28.9. The van der Waals surface area contributed by atoms with E-state index in [-0.39, 0.29) is 5.91 Å². The molecule has 0 unspecified atom stereocenters. The minimum absolute atomic E-state index is 0.194. The van der Waals surface area contributed by atoms with Crippen LogP contribution in [0.4, 0.5) is 5.69 Å². The quantitative estimate of drug-likeness (QED) is 0.653. The number of nitrogens with zero attached hydrogens (tertiary/aromatic N) is 3. The zero-order valence-electron chi connectivity index (χ0n) is 20.1. The Morgan fingerprint density at radius 2 is 1.61 bits per heavy atom. The lowest BCUT2D eigenvalue weighted by Gasteiger charge is -2.33. The van der Waals surface area contributed by atoms with Gasteiger partial charge < -0.3 is 10.2 Å². The number of rotatable bonds is 7. The Balaban J connectivity index is 1.52. The molecule has 1 N–H and O–H groups in total. The average Bonchev–Trinajstić information content (AvgIpc) is 2.86. The van der Waals surface area contributed by atoms with Crippen LogP contribution in [0.15, 0.2) is 23.1 Å². The second-order valence-corrected chi connectivity index (χ2v) is 11.7. The van der Waals surface area contributed by atoms with Crippen LogP contribution < -0.4 is 10.2 Å². The van der Waals surface area contributed by atoms with Crippen LogP contribution in [0, 0.1) is 0 Å². The summed E-state index contributed by atoms with van der Waals surface area (Å²) >= 11 is 0. The van der Waals surface area contributed by atoms with E-state index in [1.165, 1.54) is 25.7 Å². The third-order valence-electron chi connectivity index (χ3n) is 7.48. The molecule has 184 valence electrons. The van der Waals surface area contributed by atoms with E-state index in [1.807, 2.05) is 6.07 Å². The molecule has 1 aromatic carbocycles. The standard InChI is InChI=1S/C25H40N4O3S/c1-21-10-4-9-14-27(21)19-13-26-25(30)22-11-12-23(28-15-5-2-6-16-28)24(20-22)33(31,32)29-17-7-3-8-18-29/h11-12,20-21H,2-10,13-19H2,1H3,(H,26,30)/t21-/m0/s1. The largest absolute Gasteiger partial charge is 0.370 e. The summed E-state index contributed by atoms with van der Waals surface area (Å²) in [7, 11) is -3.64. The third kappa shape index (κ3) is 5.89. The Morgan fingerprint density at radius 3 is 2.30 bits per heavy atom. The van der Waals surface area contributed by atoms with Crippen LogP contribution >= 0.6 is 0 Å². The lowest BCUT2D eigenvalue weighted by atomic mass is 10.0. The summed E-state index contributed by atoms with van der Waals surface area (Å²) in [5.74, 6) is -0.194. The normalized spacial score (nSPS) is 23.4. The molecule has 0 aliphatic carbocycles. The Hall–Kier alpha value is -1.64. The Labute approximate surface area is 199 Å². The van der Waals surface area contributed by atoms with Crippen molar-refractivity contribution in [2.75, 3.05) is 50.7 Å². The first-order valence-electron chi connectivity index (χ1n) is 12.9. The molecule has 0 aromatic heterocycles. The number of carbonyl (C=O) groups excluding carboxylic acids is 1. The molecular weight excluding hydrogens is 436 g/mol. The SMILES string of the molecule is C[C@H]1CCCCN1CCNC(=O)c1ccc(N2CCCCC2)c(S(=O)(=O)N2CCCCC2)c1. The van der Waals surface area contributed by atoms with Crippen LogP contribution in [0.1, 0.15) is 75.1 Å². The highest BCUT2D eigenvalue weighted by Crippen LogP contribution is 2.32. The Bertz CT molecular complexity index is 908. The molecule has 1 atom stereocenters. The fourth-order valence-corrected chi connectivity index (χ4v) is 7.16. The fraction of sp³-hybridized carbons (Fsp3) is 0.720. The molecule has 4 rings (SSSR count). The molecule has 1 amide bonds. The van der Waals surface area contributed by atoms with Crippen molar-refractivity contribution in [2.24, 2.45) is 0 Å². The zero-order valence-corrected chi connectivity index (χ0v) is 20.9. The van der Waals surface area contributed by atoms with Gasteiger partial charge in [-0.05, 0) is 76.6 Å². The van der Waals surface area contributed by atoms with E-state index in [9.17, 15) is 13.2 Å². The molecule has 0 bridgehead atoms. The van der Waals surface area contributed by atoms with Crippen molar-refractivity contribution in [2.45, 2.75) is 75.6 Å². The number of likely N-dealkylation sites (tertiary alicyclic amines) is 1. The zero-order chi connectivity index (χ0) is 23.3. The van der Waals surface area contributed by atoms with Crippen LogP contribution in [0.2, 0.25) is 0 Å². The van der Waals surface area contributed by atoms with Gasteiger partial charge in [0.2, 0.25) is 10.0 Å². The fourth-order valence-electron chi connectivity index (χ4n) is 5.41. The first-order valence-corrected chi connectivity index (χ1v) is 14.3. The van der Waals surface area contributed by atoms with Gasteiger partial charge in [0.15, 0.2) is 0 Å². The number of carbonyl (C=O) groups is 1. The van der Waals surface area contributed by atoms with Gasteiger partial charge in [0, 0.05) is 50.9 Å². The number of amides is 1. The van der Waals surface area contributed by atoms with Crippen molar-refractivity contribution in [1.82, 2.24) is 14.5 Å². The molecule has 1 aromatic rings. The van der Waals surface area contributed by atoms with E-state index in [1.54, 1.807) is 16.4 Å². The van der Waals surface area contributed by atoms with E-state index in [2.05, 4.69) is 22.0 Å². The van der Waals surface area contributed by atoms with Gasteiger partial charge >= 0.3 is 0 Å². The van der Waals surface area contributed by atoms with Crippen molar-refractivity contribution in [3.05, 3.63) is 23.8 Å². The highest BCUT2D eigenvalue weighted by atomic mass is 32.2. The van der Waals surface area contributed by atoms with E-state index in [0.717, 1.165) is 64.0 Å². The summed E-state index contributed by atoms with van der Waals surface area (Å²) in [5.41, 5.74) is 1.18. The minimum atomic E-state index is -3.64. The predicted octanol–water partition coefficient (Wildman–Crippen LogP) is 3.46. The monoisotopic (exact) mass is 476 g/mol. The topological polar surface area (TPSA) is 73.0 Å². The van der Waals surface area contributed by atoms with Crippen molar-refractivity contribution in [1.29, 1.82) is 0 Å². The molecule has 33 heavy (non-hydrogen) atoms. The van der Waals surface area contributed by atoms with Crippen molar-refractivity contribution in [3.8, 4) is 0 Å². The lowest BCUT2D eigenvalue weighted by molar-refractivity contribution is 0.0938. The van der Waals surface area contributed by atoms with Crippen molar-refractivity contribution < 1.29 is 13.2 Å². The molecule has 0 saturated carbocycles. The molecule has 3 saturated heterocycles. The van der Waals surface area contributed by atoms with Crippen molar-refractivity contribution >= 4 is 21.6 Å². The Kier molecular flexibility index (Phi) is 8.30. The van der Waals surface area contributed by atoms with Crippen LogP contribution in [-0.4, -0.2) is 75.4 Å².